The van der Waals surface area contributed by atoms with Crippen LogP contribution in [0.1, 0.15) is 6.92 Å². The number of hydrogen-bond donors (Lipinski definition) is 1. The molecule has 0 fully saturated rings. The van der Waals surface area contributed by atoms with E-state index in [-0.39, 0.29) is 0 Å². The summed E-state index contributed by atoms with van der Waals surface area (Å²) in [5.74, 6) is 1.54. The second-order valence-electron chi connectivity index (χ2n) is 3.32. The van der Waals surface area contributed by atoms with Gasteiger partial charge in [-0.3, -0.25) is 4.68 Å². The van der Waals surface area contributed by atoms with Crippen molar-refractivity contribution in [3.8, 4) is 11.5 Å². The number of ether oxygens (including phenoxy) is 1. The zero-order valence-electron chi connectivity index (χ0n) is 8.85. The summed E-state index contributed by atoms with van der Waals surface area (Å²) in [6.45, 7) is 2.87. The van der Waals surface area contributed by atoms with Crippen LogP contribution in [0.3, 0.4) is 0 Å². The van der Waals surface area contributed by atoms with E-state index in [1.165, 1.54) is 0 Å². The van der Waals surface area contributed by atoms with Crippen LogP contribution in [-0.4, -0.2) is 9.78 Å². The van der Waals surface area contributed by atoms with Gasteiger partial charge in [-0.05, 0) is 47.7 Å². The Hall–Kier alpha value is -1.24. The first-order valence-corrected chi connectivity index (χ1v) is 6.02. The lowest BCUT2D eigenvalue weighted by molar-refractivity contribution is 0.478. The van der Waals surface area contributed by atoms with E-state index < -0.39 is 0 Å². The number of nitrogens with zero attached hydrogens (tertiary/aromatic N) is 2. The highest BCUT2D eigenvalue weighted by Crippen LogP contribution is 2.27. The predicted octanol–water partition coefficient (Wildman–Crippen LogP) is 2.88. The molecule has 16 heavy (non-hydrogen) atoms. The first kappa shape index (κ1) is 11.3. The molecule has 4 nitrogen and oxygen atoms in total. The molecule has 0 amide bonds. The molecule has 2 aromatic rings. The van der Waals surface area contributed by atoms with Crippen LogP contribution < -0.4 is 10.5 Å². The van der Waals surface area contributed by atoms with Gasteiger partial charge in [0.2, 0.25) is 0 Å². The predicted molar refractivity (Wildman–Crippen MR) is 71.5 cm³/mol. The van der Waals surface area contributed by atoms with Gasteiger partial charge in [-0.2, -0.15) is 5.10 Å². The molecule has 0 bridgehead atoms. The van der Waals surface area contributed by atoms with Gasteiger partial charge in [-0.25, -0.2) is 0 Å². The van der Waals surface area contributed by atoms with Gasteiger partial charge in [0.15, 0.2) is 5.75 Å². The third-order valence-electron chi connectivity index (χ3n) is 2.12. The maximum Gasteiger partial charge on any atom is 0.165 e. The van der Waals surface area contributed by atoms with Gasteiger partial charge in [0, 0.05) is 12.2 Å². The van der Waals surface area contributed by atoms with Gasteiger partial charge in [-0.15, -0.1) is 0 Å². The molecule has 0 atom stereocenters. The summed E-state index contributed by atoms with van der Waals surface area (Å²) < 4.78 is 8.51. The van der Waals surface area contributed by atoms with E-state index in [1.807, 2.05) is 36.0 Å². The third kappa shape index (κ3) is 2.46. The molecule has 0 radical (unpaired) electrons. The van der Waals surface area contributed by atoms with Crippen molar-refractivity contribution in [1.29, 1.82) is 0 Å². The van der Waals surface area contributed by atoms with Crippen molar-refractivity contribution < 1.29 is 4.74 Å². The zero-order chi connectivity index (χ0) is 11.5. The van der Waals surface area contributed by atoms with Gasteiger partial charge in [0.25, 0.3) is 0 Å². The summed E-state index contributed by atoms with van der Waals surface area (Å²) in [7, 11) is 0. The lowest BCUT2D eigenvalue weighted by atomic mass is 10.3. The molecule has 1 aromatic heterocycles. The molecule has 0 saturated carbocycles. The Kier molecular flexibility index (Phi) is 3.33. The number of aromatic nitrogens is 2. The van der Waals surface area contributed by atoms with E-state index in [9.17, 15) is 0 Å². The minimum absolute atomic E-state index is 0.737. The van der Waals surface area contributed by atoms with Crippen molar-refractivity contribution in [2.45, 2.75) is 13.5 Å². The smallest absolute Gasteiger partial charge is 0.165 e. The van der Waals surface area contributed by atoms with E-state index >= 15 is 0 Å². The van der Waals surface area contributed by atoms with Crippen molar-refractivity contribution >= 4 is 28.3 Å². The Morgan fingerprint density at radius 2 is 2.31 bits per heavy atom. The van der Waals surface area contributed by atoms with Crippen molar-refractivity contribution in [3.63, 3.8) is 0 Å². The van der Waals surface area contributed by atoms with Crippen LogP contribution in [0.4, 0.5) is 5.69 Å². The summed E-state index contributed by atoms with van der Waals surface area (Å²) in [6, 6.07) is 5.56. The number of benzene rings is 1. The second kappa shape index (κ2) is 4.73. The van der Waals surface area contributed by atoms with Crippen LogP contribution in [-0.2, 0) is 6.54 Å². The van der Waals surface area contributed by atoms with Crippen molar-refractivity contribution in [1.82, 2.24) is 9.78 Å². The van der Waals surface area contributed by atoms with Crippen LogP contribution in [0, 0.1) is 3.57 Å². The van der Waals surface area contributed by atoms with E-state index in [2.05, 4.69) is 27.7 Å². The number of anilines is 1. The molecule has 84 valence electrons. The molecule has 5 heteroatoms. The van der Waals surface area contributed by atoms with E-state index in [0.29, 0.717) is 0 Å². The molecule has 1 aromatic carbocycles. The highest BCUT2D eigenvalue weighted by atomic mass is 127. The first-order valence-electron chi connectivity index (χ1n) is 4.94. The topological polar surface area (TPSA) is 53.1 Å². The Balaban J connectivity index is 2.20. The van der Waals surface area contributed by atoms with E-state index in [1.54, 1.807) is 6.20 Å². The van der Waals surface area contributed by atoms with Crippen LogP contribution in [0.15, 0.2) is 30.6 Å². The Morgan fingerprint density at radius 1 is 1.50 bits per heavy atom. The molecule has 0 unspecified atom stereocenters. The van der Waals surface area contributed by atoms with E-state index in [0.717, 1.165) is 27.3 Å². The number of nitrogens with two attached hydrogens (primary N) is 1. The lowest BCUT2D eigenvalue weighted by Crippen LogP contribution is -1.92. The number of nitrogen functional groups attached to an aromatic ring is 1. The Bertz CT molecular complexity index is 496. The van der Waals surface area contributed by atoms with Gasteiger partial charge >= 0.3 is 0 Å². The highest BCUT2D eigenvalue weighted by molar-refractivity contribution is 14.1. The van der Waals surface area contributed by atoms with Gasteiger partial charge in [0.05, 0.1) is 16.0 Å². The largest absolute Gasteiger partial charge is 0.453 e. The maximum atomic E-state index is 5.70. The number of hydrogen-bond acceptors (Lipinski definition) is 3. The number of rotatable bonds is 3. The minimum atomic E-state index is 0.737. The molecule has 2 rings (SSSR count). The summed E-state index contributed by atoms with van der Waals surface area (Å²) >= 11 is 2.20. The molecular weight excluding hydrogens is 317 g/mol. The fourth-order valence-corrected chi connectivity index (χ4v) is 1.95. The van der Waals surface area contributed by atoms with E-state index in [4.69, 9.17) is 10.5 Å². The molecule has 0 spiro atoms. The Morgan fingerprint density at radius 3 is 2.94 bits per heavy atom. The highest BCUT2D eigenvalue weighted by Gasteiger charge is 2.04. The third-order valence-corrected chi connectivity index (χ3v) is 2.96. The van der Waals surface area contributed by atoms with Crippen molar-refractivity contribution in [2.75, 3.05) is 5.73 Å². The minimum Gasteiger partial charge on any atom is -0.453 e. The number of halogens is 1. The van der Waals surface area contributed by atoms with Crippen LogP contribution in [0.2, 0.25) is 0 Å². The van der Waals surface area contributed by atoms with Crippen molar-refractivity contribution in [2.24, 2.45) is 0 Å². The molecule has 1 heterocycles. The summed E-state index contributed by atoms with van der Waals surface area (Å²) in [5, 5.41) is 4.14. The molecular formula is C11H12IN3O. The average molecular weight is 329 g/mol. The molecule has 2 N–H and O–H groups in total. The van der Waals surface area contributed by atoms with Crippen molar-refractivity contribution in [3.05, 3.63) is 34.2 Å². The molecule has 0 aliphatic heterocycles. The van der Waals surface area contributed by atoms with Crippen LogP contribution in [0.5, 0.6) is 11.5 Å². The standard InChI is InChI=1S/C11H12IN3O/c1-2-15-7-9(6-14-15)16-11-4-3-8(13)5-10(11)12/h3-7H,2,13H2,1H3. The quantitative estimate of drug-likeness (QED) is 0.696. The average Bonchev–Trinajstić information content (AvgIpc) is 2.70. The maximum absolute atomic E-state index is 5.70. The number of aryl methyl sites for hydroxylation is 1. The summed E-state index contributed by atoms with van der Waals surface area (Å²) in [5.41, 5.74) is 6.41. The van der Waals surface area contributed by atoms with Gasteiger partial charge in [-0.1, -0.05) is 0 Å². The monoisotopic (exact) mass is 329 g/mol. The Labute approximate surface area is 108 Å². The fraction of sp³-hybridized carbons (Fsp3) is 0.182. The molecule has 0 saturated heterocycles. The van der Waals surface area contributed by atoms with Crippen LogP contribution >= 0.6 is 22.6 Å². The zero-order valence-corrected chi connectivity index (χ0v) is 11.0. The summed E-state index contributed by atoms with van der Waals surface area (Å²) in [4.78, 5) is 0. The second-order valence-corrected chi connectivity index (χ2v) is 4.49. The van der Waals surface area contributed by atoms with Gasteiger partial charge in [0.1, 0.15) is 5.75 Å². The fourth-order valence-electron chi connectivity index (χ4n) is 1.30. The first-order chi connectivity index (χ1) is 7.69. The molecule has 0 aliphatic carbocycles. The van der Waals surface area contributed by atoms with Crippen LogP contribution in [0.25, 0.3) is 0 Å². The normalized spacial score (nSPS) is 10.4. The lowest BCUT2D eigenvalue weighted by Gasteiger charge is -2.05. The summed E-state index contributed by atoms with van der Waals surface area (Å²) in [6.07, 6.45) is 3.57. The van der Waals surface area contributed by atoms with Gasteiger partial charge < -0.3 is 10.5 Å². The molecule has 0 aliphatic rings. The SMILES string of the molecule is CCn1cc(Oc2ccc(N)cc2I)cn1.